The summed E-state index contributed by atoms with van der Waals surface area (Å²) in [5.74, 6) is 2.20. The van der Waals surface area contributed by atoms with Crippen molar-refractivity contribution in [3.63, 3.8) is 0 Å². The van der Waals surface area contributed by atoms with Gasteiger partial charge in [-0.1, -0.05) is 6.08 Å². The van der Waals surface area contributed by atoms with Gasteiger partial charge in [0, 0.05) is 48.0 Å². The molecule has 8 heteroatoms. The van der Waals surface area contributed by atoms with Gasteiger partial charge in [-0.05, 0) is 75.1 Å². The molecule has 2 aliphatic heterocycles. The number of hydrogen-bond donors (Lipinski definition) is 0. The van der Waals surface area contributed by atoms with Gasteiger partial charge in [-0.15, -0.1) is 0 Å². The summed E-state index contributed by atoms with van der Waals surface area (Å²) < 4.78 is 30.3. The maximum atomic E-state index is 13.1. The van der Waals surface area contributed by atoms with Crippen LogP contribution in [0.2, 0.25) is 0 Å². The maximum absolute atomic E-state index is 13.1. The second kappa shape index (κ2) is 11.5. The fourth-order valence-electron chi connectivity index (χ4n) is 5.39. The van der Waals surface area contributed by atoms with Gasteiger partial charge in [0.2, 0.25) is 0 Å². The molecule has 0 saturated heterocycles. The number of dihydropyridines is 1. The first-order valence-corrected chi connectivity index (χ1v) is 14.4. The number of aromatic nitrogens is 1. The molecular weight excluding hydrogens is 532 g/mol. The van der Waals surface area contributed by atoms with Gasteiger partial charge in [0.1, 0.15) is 17.1 Å². The molecule has 42 heavy (non-hydrogen) atoms. The van der Waals surface area contributed by atoms with Crippen LogP contribution in [0.15, 0.2) is 59.2 Å². The second-order valence-corrected chi connectivity index (χ2v) is 11.4. The fourth-order valence-corrected chi connectivity index (χ4v) is 5.39. The number of aliphatic imine (C=N–C) groups is 1. The molecule has 0 amide bonds. The maximum Gasteiger partial charge on any atom is 0.309 e. The van der Waals surface area contributed by atoms with Gasteiger partial charge in [0.15, 0.2) is 17.6 Å². The second-order valence-electron chi connectivity index (χ2n) is 11.4. The van der Waals surface area contributed by atoms with E-state index in [1.54, 1.807) is 20.4 Å². The monoisotopic (exact) mass is 568 g/mol. The van der Waals surface area contributed by atoms with Crippen molar-refractivity contribution >= 4 is 29.2 Å². The Morgan fingerprint density at radius 2 is 1.95 bits per heavy atom. The van der Waals surface area contributed by atoms with Gasteiger partial charge in [-0.2, -0.15) is 0 Å². The van der Waals surface area contributed by atoms with Crippen LogP contribution in [-0.2, 0) is 9.53 Å². The van der Waals surface area contributed by atoms with E-state index >= 15 is 0 Å². The van der Waals surface area contributed by atoms with Crippen molar-refractivity contribution in [3.05, 3.63) is 70.9 Å². The van der Waals surface area contributed by atoms with Crippen LogP contribution < -0.4 is 18.9 Å². The van der Waals surface area contributed by atoms with Crippen LogP contribution in [0, 0.1) is 5.92 Å². The summed E-state index contributed by atoms with van der Waals surface area (Å²) in [7, 11) is 3.24. The number of rotatable bonds is 10. The lowest BCUT2D eigenvalue weighted by Crippen LogP contribution is -2.27. The summed E-state index contributed by atoms with van der Waals surface area (Å²) in [6.07, 6.45) is 12.5. The number of carbonyl (C=O) groups excluding carboxylic acids is 1. The number of benzene rings is 2. The molecule has 0 radical (unpaired) electrons. The minimum Gasteiger partial charge on any atom is -0.496 e. The van der Waals surface area contributed by atoms with Crippen LogP contribution in [0.4, 0.5) is 0 Å². The number of carbonyl (C=O) groups is 1. The molecule has 1 aliphatic carbocycles. The lowest BCUT2D eigenvalue weighted by atomic mass is 9.93. The number of hydrogen-bond acceptors (Lipinski definition) is 8. The van der Waals surface area contributed by atoms with Crippen molar-refractivity contribution in [1.82, 2.24) is 4.98 Å². The van der Waals surface area contributed by atoms with Crippen molar-refractivity contribution in [3.8, 4) is 23.0 Å². The minimum atomic E-state index is -0.735. The number of ether oxygens (including phenoxy) is 5. The molecule has 2 aromatic carbocycles. The smallest absolute Gasteiger partial charge is 0.309 e. The third-order valence-electron chi connectivity index (χ3n) is 7.76. The van der Waals surface area contributed by atoms with Crippen LogP contribution in [0.3, 0.4) is 0 Å². The standard InChI is InChI=1S/C34H36N2O6/c1-34(2)14-11-24-28(42-34)10-9-25(31(24)39-4)32(41-33(37)22-7-8-22)23-12-16-36-27-19-30(29(38-3)18-26(23)27)40-17-13-21-6-5-15-35-20-21/h6,9-12,14,16,18-20,22,32H,5,7-8,13,15,17H2,1-4H3. The van der Waals surface area contributed by atoms with Gasteiger partial charge < -0.3 is 23.7 Å². The van der Waals surface area contributed by atoms with E-state index in [1.807, 2.05) is 62.5 Å². The lowest BCUT2D eigenvalue weighted by molar-refractivity contribution is -0.149. The largest absolute Gasteiger partial charge is 0.496 e. The fraction of sp³-hybridized carbons (Fsp3) is 0.382. The molecule has 3 aliphatic rings. The van der Waals surface area contributed by atoms with E-state index in [-0.39, 0.29) is 11.9 Å². The van der Waals surface area contributed by atoms with E-state index in [0.717, 1.165) is 54.3 Å². The zero-order valence-corrected chi connectivity index (χ0v) is 24.5. The molecule has 3 aromatic rings. The Labute approximate surface area is 246 Å². The molecule has 1 atom stereocenters. The van der Waals surface area contributed by atoms with Crippen LogP contribution in [0.5, 0.6) is 23.0 Å². The van der Waals surface area contributed by atoms with Crippen molar-refractivity contribution in [2.75, 3.05) is 27.4 Å². The number of methoxy groups -OCH3 is 2. The van der Waals surface area contributed by atoms with Crippen LogP contribution in [0.1, 0.15) is 62.3 Å². The van der Waals surface area contributed by atoms with E-state index < -0.39 is 11.7 Å². The zero-order chi connectivity index (χ0) is 29.3. The lowest BCUT2D eigenvalue weighted by Gasteiger charge is -2.30. The molecule has 0 spiro atoms. The summed E-state index contributed by atoms with van der Waals surface area (Å²) in [4.78, 5) is 22.1. The molecule has 1 unspecified atom stereocenters. The predicted octanol–water partition coefficient (Wildman–Crippen LogP) is 6.65. The highest BCUT2D eigenvalue weighted by molar-refractivity contribution is 5.87. The Kier molecular flexibility index (Phi) is 7.62. The Bertz CT molecular complexity index is 1600. The highest BCUT2D eigenvalue weighted by Gasteiger charge is 2.36. The molecule has 218 valence electrons. The van der Waals surface area contributed by atoms with E-state index in [0.29, 0.717) is 35.1 Å². The van der Waals surface area contributed by atoms with Crippen LogP contribution in [0.25, 0.3) is 17.0 Å². The van der Waals surface area contributed by atoms with Crippen molar-refractivity contribution < 1.29 is 28.5 Å². The quantitative estimate of drug-likeness (QED) is 0.253. The number of fused-ring (bicyclic) bond motifs is 2. The predicted molar refractivity (Wildman–Crippen MR) is 162 cm³/mol. The zero-order valence-electron chi connectivity index (χ0n) is 24.5. The molecule has 3 heterocycles. The third-order valence-corrected chi connectivity index (χ3v) is 7.76. The highest BCUT2D eigenvalue weighted by atomic mass is 16.5. The van der Waals surface area contributed by atoms with E-state index in [1.165, 1.54) is 5.57 Å². The van der Waals surface area contributed by atoms with Crippen LogP contribution in [-0.4, -0.2) is 50.1 Å². The first-order valence-electron chi connectivity index (χ1n) is 14.4. The highest BCUT2D eigenvalue weighted by Crippen LogP contribution is 2.46. The third kappa shape index (κ3) is 5.71. The Balaban J connectivity index is 1.40. The first kappa shape index (κ1) is 27.8. The van der Waals surface area contributed by atoms with Gasteiger partial charge in [-0.25, -0.2) is 0 Å². The normalized spacial score (nSPS) is 17.6. The number of esters is 1. The molecule has 0 N–H and O–H groups in total. The summed E-state index contributed by atoms with van der Waals surface area (Å²) in [6, 6.07) is 9.50. The molecule has 0 bridgehead atoms. The molecule has 1 fully saturated rings. The van der Waals surface area contributed by atoms with Gasteiger partial charge in [0.05, 0.1) is 37.8 Å². The topological polar surface area (TPSA) is 88.5 Å². The van der Waals surface area contributed by atoms with Crippen molar-refractivity contribution in [2.24, 2.45) is 10.9 Å². The van der Waals surface area contributed by atoms with Crippen LogP contribution >= 0.6 is 0 Å². The molecular formula is C34H36N2O6. The molecule has 8 nitrogen and oxygen atoms in total. The average Bonchev–Trinajstić information content (AvgIpc) is 3.85. The summed E-state index contributed by atoms with van der Waals surface area (Å²) in [5, 5.41) is 0.796. The summed E-state index contributed by atoms with van der Waals surface area (Å²) in [6.45, 7) is 5.33. The Morgan fingerprint density at radius 3 is 2.69 bits per heavy atom. The summed E-state index contributed by atoms with van der Waals surface area (Å²) >= 11 is 0. The molecule has 1 aromatic heterocycles. The average molecular weight is 569 g/mol. The van der Waals surface area contributed by atoms with Gasteiger partial charge >= 0.3 is 5.97 Å². The minimum absolute atomic E-state index is 0.0767. The Hall–Kier alpha value is -4.33. The van der Waals surface area contributed by atoms with Crippen molar-refractivity contribution in [2.45, 2.75) is 51.2 Å². The van der Waals surface area contributed by atoms with Gasteiger partial charge in [-0.3, -0.25) is 14.8 Å². The van der Waals surface area contributed by atoms with Crippen molar-refractivity contribution in [1.29, 1.82) is 0 Å². The van der Waals surface area contributed by atoms with E-state index in [2.05, 4.69) is 16.1 Å². The molecule has 1 saturated carbocycles. The SMILES string of the molecule is COc1cc2c(C(OC(=O)C3CC3)c3ccc4c(c3OC)C=CC(C)(C)O4)ccnc2cc1OCCC1=CCCN=C1. The number of nitrogens with zero attached hydrogens (tertiary/aromatic N) is 2. The first-order chi connectivity index (χ1) is 20.4. The Morgan fingerprint density at radius 1 is 1.10 bits per heavy atom. The summed E-state index contributed by atoms with van der Waals surface area (Å²) in [5.41, 5.74) is 3.76. The molecule has 6 rings (SSSR count). The van der Waals surface area contributed by atoms with Gasteiger partial charge in [0.25, 0.3) is 0 Å². The number of pyridine rings is 1. The van der Waals surface area contributed by atoms with E-state index in [4.69, 9.17) is 23.7 Å². The van der Waals surface area contributed by atoms with E-state index in [9.17, 15) is 4.79 Å².